The highest BCUT2D eigenvalue weighted by Gasteiger charge is 2.26. The average Bonchev–Trinajstić information content (AvgIpc) is 3.32. The maximum Gasteiger partial charge on any atom is 0.332 e. The zero-order valence-corrected chi connectivity index (χ0v) is 20.9. The molecule has 1 aliphatic heterocycles. The van der Waals surface area contributed by atoms with E-state index in [2.05, 4.69) is 29.2 Å². The van der Waals surface area contributed by atoms with Crippen molar-refractivity contribution < 1.29 is 14.3 Å². The van der Waals surface area contributed by atoms with Crippen molar-refractivity contribution in [2.24, 2.45) is 0 Å². The molecule has 1 atom stereocenters. The van der Waals surface area contributed by atoms with Gasteiger partial charge in [0.25, 0.3) is 0 Å². The van der Waals surface area contributed by atoms with Gasteiger partial charge in [0.15, 0.2) is 0 Å². The van der Waals surface area contributed by atoms with E-state index in [1.165, 1.54) is 0 Å². The van der Waals surface area contributed by atoms with Crippen molar-refractivity contribution in [2.45, 2.75) is 58.1 Å². The van der Waals surface area contributed by atoms with Gasteiger partial charge in [-0.3, -0.25) is 4.98 Å². The molecule has 6 heteroatoms. The molecule has 0 N–H and O–H groups in total. The van der Waals surface area contributed by atoms with Gasteiger partial charge in [0.2, 0.25) is 0 Å². The number of carbonyl (C=O) groups is 1. The Hall–Kier alpha value is -3.25. The fraction of sp³-hybridized carbons (Fsp3) is 0.414. The van der Waals surface area contributed by atoms with Gasteiger partial charge in [0.05, 0.1) is 17.6 Å². The summed E-state index contributed by atoms with van der Waals surface area (Å²) in [4.78, 5) is 24.2. The molecule has 0 radical (unpaired) electrons. The Balaban J connectivity index is 1.43. The van der Waals surface area contributed by atoms with E-state index in [0.717, 1.165) is 60.6 Å². The zero-order chi connectivity index (χ0) is 24.7. The monoisotopic (exact) mass is 473 g/mol. The van der Waals surface area contributed by atoms with Gasteiger partial charge in [0.1, 0.15) is 18.0 Å². The van der Waals surface area contributed by atoms with Gasteiger partial charge >= 0.3 is 5.97 Å². The molecule has 184 valence electrons. The summed E-state index contributed by atoms with van der Waals surface area (Å²) in [6.45, 7) is 7.08. The molecule has 1 fully saturated rings. The highest BCUT2D eigenvalue weighted by molar-refractivity contribution is 5.78. The molecular weight excluding hydrogens is 438 g/mol. The van der Waals surface area contributed by atoms with Crippen LogP contribution in [0.2, 0.25) is 0 Å². The summed E-state index contributed by atoms with van der Waals surface area (Å²) in [5.74, 6) is 0.600. The van der Waals surface area contributed by atoms with Gasteiger partial charge in [-0.05, 0) is 46.5 Å². The Morgan fingerprint density at radius 2 is 1.66 bits per heavy atom. The van der Waals surface area contributed by atoms with Crippen LogP contribution in [0.15, 0.2) is 66.9 Å². The minimum Gasteiger partial charge on any atom is -0.458 e. The first-order chi connectivity index (χ1) is 16.9. The molecule has 0 bridgehead atoms. The first-order valence-electron chi connectivity index (χ1n) is 12.4. The van der Waals surface area contributed by atoms with Crippen LogP contribution in [0.1, 0.15) is 46.5 Å². The Morgan fingerprint density at radius 1 is 1.00 bits per heavy atom. The van der Waals surface area contributed by atoms with Gasteiger partial charge in [-0.25, -0.2) is 9.78 Å². The maximum absolute atomic E-state index is 11.8. The molecule has 3 aromatic rings. The first-order valence-corrected chi connectivity index (χ1v) is 12.4. The van der Waals surface area contributed by atoms with E-state index in [4.69, 9.17) is 19.4 Å². The Bertz CT molecular complexity index is 1100. The highest BCUT2D eigenvalue weighted by Crippen LogP contribution is 2.33. The van der Waals surface area contributed by atoms with Gasteiger partial charge in [-0.2, -0.15) is 0 Å². The molecule has 0 spiro atoms. The quantitative estimate of drug-likeness (QED) is 0.284. The fourth-order valence-electron chi connectivity index (χ4n) is 4.51. The Kier molecular flexibility index (Phi) is 8.13. The number of aromatic nitrogens is 2. The van der Waals surface area contributed by atoms with Crippen molar-refractivity contribution in [2.75, 3.05) is 24.7 Å². The summed E-state index contributed by atoms with van der Waals surface area (Å²) < 4.78 is 10.9. The Morgan fingerprint density at radius 3 is 2.31 bits per heavy atom. The summed E-state index contributed by atoms with van der Waals surface area (Å²) in [5.41, 5.74) is 3.44. The number of hydrogen-bond acceptors (Lipinski definition) is 6. The van der Waals surface area contributed by atoms with Crippen LogP contribution >= 0.6 is 0 Å². The van der Waals surface area contributed by atoms with Gasteiger partial charge in [-0.15, -0.1) is 0 Å². The van der Waals surface area contributed by atoms with Crippen LogP contribution < -0.4 is 4.90 Å². The molecule has 0 unspecified atom stereocenters. The lowest BCUT2D eigenvalue weighted by Crippen LogP contribution is -2.30. The van der Waals surface area contributed by atoms with Crippen LogP contribution in [0.3, 0.4) is 0 Å². The second-order valence-corrected chi connectivity index (χ2v) is 9.93. The summed E-state index contributed by atoms with van der Waals surface area (Å²) in [6.07, 6.45) is 6.02. The predicted octanol–water partition coefficient (Wildman–Crippen LogP) is 5.92. The van der Waals surface area contributed by atoms with Crippen molar-refractivity contribution in [3.8, 4) is 22.5 Å². The predicted molar refractivity (Wildman–Crippen MR) is 139 cm³/mol. The summed E-state index contributed by atoms with van der Waals surface area (Å²) >= 11 is 0. The number of esters is 1. The number of nitrogens with zero attached hydrogens (tertiary/aromatic N) is 3. The zero-order valence-electron chi connectivity index (χ0n) is 20.9. The second-order valence-electron chi connectivity index (χ2n) is 9.93. The minimum absolute atomic E-state index is 0.00148. The molecule has 2 aromatic carbocycles. The molecule has 4 rings (SSSR count). The minimum atomic E-state index is -0.486. The number of rotatable bonds is 9. The molecule has 0 amide bonds. The Labute approximate surface area is 208 Å². The number of hydrogen-bond donors (Lipinski definition) is 0. The third-order valence-electron chi connectivity index (χ3n) is 5.99. The normalized spacial score (nSPS) is 15.9. The number of ether oxygens (including phenoxy) is 2. The van der Waals surface area contributed by atoms with Crippen molar-refractivity contribution in [3.05, 3.63) is 66.9 Å². The van der Waals surface area contributed by atoms with Crippen molar-refractivity contribution in [1.82, 2.24) is 9.97 Å². The standard InChI is InChI=1S/C29H35N3O3/c1-29(2,3)35-26(33)21-34-19-11-17-24-16-10-18-32(24)25-20-30-27(22-12-6-4-7-13-22)28(31-25)23-14-8-5-9-15-23/h4-9,12-15,20,24H,10-11,16-19,21H2,1-3H3/t24-/m1/s1. The van der Waals surface area contributed by atoms with E-state index in [1.807, 2.05) is 63.4 Å². The van der Waals surface area contributed by atoms with E-state index in [9.17, 15) is 4.79 Å². The molecule has 1 saturated heterocycles. The van der Waals surface area contributed by atoms with Gasteiger partial charge in [0, 0.05) is 30.3 Å². The molecule has 1 aromatic heterocycles. The average molecular weight is 474 g/mol. The lowest BCUT2D eigenvalue weighted by atomic mass is 10.0. The third-order valence-corrected chi connectivity index (χ3v) is 5.99. The number of benzene rings is 2. The van der Waals surface area contributed by atoms with E-state index < -0.39 is 5.60 Å². The molecule has 1 aliphatic rings. The first kappa shape index (κ1) is 24.9. The van der Waals surface area contributed by atoms with E-state index in [-0.39, 0.29) is 12.6 Å². The topological polar surface area (TPSA) is 64.6 Å². The smallest absolute Gasteiger partial charge is 0.332 e. The third kappa shape index (κ3) is 6.89. The summed E-state index contributed by atoms with van der Waals surface area (Å²) in [6, 6.07) is 20.9. The lowest BCUT2D eigenvalue weighted by molar-refractivity contribution is -0.160. The SMILES string of the molecule is CC(C)(C)OC(=O)COCCC[C@H]1CCCN1c1cnc(-c2ccccc2)c(-c2ccccc2)n1. The molecule has 0 aliphatic carbocycles. The molecule has 6 nitrogen and oxygen atoms in total. The van der Waals surface area contributed by atoms with Gasteiger partial charge < -0.3 is 14.4 Å². The molecule has 35 heavy (non-hydrogen) atoms. The fourth-order valence-corrected chi connectivity index (χ4v) is 4.51. The second kappa shape index (κ2) is 11.5. The lowest BCUT2D eigenvalue weighted by Gasteiger charge is -2.26. The highest BCUT2D eigenvalue weighted by atomic mass is 16.6. The summed E-state index contributed by atoms with van der Waals surface area (Å²) in [5, 5.41) is 0. The van der Waals surface area contributed by atoms with Crippen molar-refractivity contribution in [1.29, 1.82) is 0 Å². The maximum atomic E-state index is 11.8. The molecule has 0 saturated carbocycles. The van der Waals surface area contributed by atoms with E-state index >= 15 is 0 Å². The van der Waals surface area contributed by atoms with Crippen LogP contribution in [0.4, 0.5) is 5.82 Å². The largest absolute Gasteiger partial charge is 0.458 e. The van der Waals surface area contributed by atoms with Gasteiger partial charge in [-0.1, -0.05) is 60.7 Å². The van der Waals surface area contributed by atoms with Crippen molar-refractivity contribution >= 4 is 11.8 Å². The van der Waals surface area contributed by atoms with E-state index in [0.29, 0.717) is 12.6 Å². The van der Waals surface area contributed by atoms with Crippen LogP contribution in [-0.2, 0) is 14.3 Å². The van der Waals surface area contributed by atoms with Crippen LogP contribution in [0, 0.1) is 0 Å². The molecule has 2 heterocycles. The number of anilines is 1. The molecular formula is C29H35N3O3. The van der Waals surface area contributed by atoms with Crippen LogP contribution in [-0.4, -0.2) is 47.3 Å². The van der Waals surface area contributed by atoms with Crippen molar-refractivity contribution in [3.63, 3.8) is 0 Å². The summed E-state index contributed by atoms with van der Waals surface area (Å²) in [7, 11) is 0. The number of carbonyl (C=O) groups excluding carboxylic acids is 1. The van der Waals surface area contributed by atoms with E-state index in [1.54, 1.807) is 0 Å². The van der Waals surface area contributed by atoms with Crippen LogP contribution in [0.25, 0.3) is 22.5 Å². The van der Waals surface area contributed by atoms with Crippen LogP contribution in [0.5, 0.6) is 0 Å².